The number of anilines is 1. The zero-order chi connectivity index (χ0) is 17.6. The molecule has 0 saturated heterocycles. The van der Waals surface area contributed by atoms with Crippen molar-refractivity contribution in [2.75, 3.05) is 12.4 Å². The fraction of sp³-hybridized carbons (Fsp3) is 0.318. The Kier molecular flexibility index (Phi) is 3.87. The van der Waals surface area contributed by atoms with Gasteiger partial charge in [-0.15, -0.1) is 0 Å². The van der Waals surface area contributed by atoms with Gasteiger partial charge in [0.1, 0.15) is 0 Å². The van der Waals surface area contributed by atoms with Crippen LogP contribution in [0, 0.1) is 19.8 Å². The van der Waals surface area contributed by atoms with Gasteiger partial charge < -0.3 is 10.1 Å². The van der Waals surface area contributed by atoms with Crippen LogP contribution in [0.5, 0.6) is 0 Å². The molecule has 1 aliphatic heterocycles. The Morgan fingerprint density at radius 3 is 2.60 bits per heavy atom. The highest BCUT2D eigenvalue weighted by molar-refractivity contribution is 5.93. The van der Waals surface area contributed by atoms with Gasteiger partial charge in [0.25, 0.3) is 0 Å². The summed E-state index contributed by atoms with van der Waals surface area (Å²) in [5.74, 6) is 0.629. The first-order valence-electron chi connectivity index (χ1n) is 8.81. The number of ether oxygens (including phenoxy) is 1. The van der Waals surface area contributed by atoms with Crippen LogP contribution < -0.4 is 5.32 Å². The van der Waals surface area contributed by atoms with Gasteiger partial charge in [-0.05, 0) is 48.9 Å². The van der Waals surface area contributed by atoms with Crippen LogP contribution in [0.3, 0.4) is 0 Å². The molecule has 2 aromatic rings. The van der Waals surface area contributed by atoms with Crippen molar-refractivity contribution in [2.24, 2.45) is 5.92 Å². The molecule has 3 heteroatoms. The quantitative estimate of drug-likeness (QED) is 0.626. The van der Waals surface area contributed by atoms with E-state index in [2.05, 4.69) is 54.7 Å². The molecule has 25 heavy (non-hydrogen) atoms. The van der Waals surface area contributed by atoms with E-state index in [1.807, 2.05) is 13.0 Å². The van der Waals surface area contributed by atoms with E-state index in [1.165, 1.54) is 23.8 Å². The Hall–Kier alpha value is -2.55. The first-order chi connectivity index (χ1) is 12.1. The number of methoxy groups -OCH3 is 1. The molecule has 2 aliphatic rings. The summed E-state index contributed by atoms with van der Waals surface area (Å²) in [7, 11) is 1.43. The van der Waals surface area contributed by atoms with Crippen LogP contribution in [-0.4, -0.2) is 13.1 Å². The van der Waals surface area contributed by atoms with E-state index >= 15 is 0 Å². The second-order valence-corrected chi connectivity index (χ2v) is 7.08. The van der Waals surface area contributed by atoms with Crippen molar-refractivity contribution >= 4 is 11.7 Å². The van der Waals surface area contributed by atoms with Crippen molar-refractivity contribution in [1.29, 1.82) is 0 Å². The molecule has 0 saturated carbocycles. The zero-order valence-corrected chi connectivity index (χ0v) is 14.9. The van der Waals surface area contributed by atoms with Crippen LogP contribution in [0.25, 0.3) is 0 Å². The minimum atomic E-state index is -0.280. The number of hydrogen-bond donors (Lipinski definition) is 1. The fourth-order valence-corrected chi connectivity index (χ4v) is 4.25. The SMILES string of the molecule is COC(=O)c1ccc2c(c1C)N[C@H](c1ccc(C)cc1)[C@H]1CC=C[C@@H]21. The standard InChI is InChI=1S/C22H23NO2/c1-13-7-9-15(10-8-13)21-18-6-4-5-17(18)19-12-11-16(22(24)25-3)14(2)20(19)23-21/h4-5,7-12,17-18,21,23H,6H2,1-3H3/t17-,18+,21-/m1/s1. The van der Waals surface area contributed by atoms with Crippen LogP contribution in [0.1, 0.15) is 51.0 Å². The number of rotatable bonds is 2. The number of hydrogen-bond acceptors (Lipinski definition) is 3. The molecule has 4 rings (SSSR count). The normalized spacial score (nSPS) is 23.6. The molecule has 2 aromatic carbocycles. The van der Waals surface area contributed by atoms with Crippen LogP contribution in [0.15, 0.2) is 48.6 Å². The lowest BCUT2D eigenvalue weighted by Crippen LogP contribution is -2.30. The monoisotopic (exact) mass is 333 g/mol. The first kappa shape index (κ1) is 15.9. The van der Waals surface area contributed by atoms with Crippen molar-refractivity contribution in [3.63, 3.8) is 0 Å². The Morgan fingerprint density at radius 2 is 1.88 bits per heavy atom. The van der Waals surface area contributed by atoms with Gasteiger partial charge in [0, 0.05) is 11.6 Å². The highest BCUT2D eigenvalue weighted by Crippen LogP contribution is 2.51. The average molecular weight is 333 g/mol. The van der Waals surface area contributed by atoms with Crippen molar-refractivity contribution in [3.05, 3.63) is 76.4 Å². The topological polar surface area (TPSA) is 38.3 Å². The van der Waals surface area contributed by atoms with Crippen molar-refractivity contribution in [1.82, 2.24) is 0 Å². The predicted octanol–water partition coefficient (Wildman–Crippen LogP) is 4.92. The largest absolute Gasteiger partial charge is 0.465 e. The lowest BCUT2D eigenvalue weighted by Gasteiger charge is -2.38. The van der Waals surface area contributed by atoms with Crippen molar-refractivity contribution < 1.29 is 9.53 Å². The van der Waals surface area contributed by atoms with E-state index in [1.54, 1.807) is 0 Å². The molecule has 1 N–H and O–H groups in total. The summed E-state index contributed by atoms with van der Waals surface area (Å²) in [5.41, 5.74) is 6.55. The maximum atomic E-state index is 12.1. The maximum absolute atomic E-state index is 12.1. The first-order valence-corrected chi connectivity index (χ1v) is 8.81. The molecule has 3 atom stereocenters. The highest BCUT2D eigenvalue weighted by atomic mass is 16.5. The van der Waals surface area contributed by atoms with Gasteiger partial charge in [-0.1, -0.05) is 48.0 Å². The number of carbonyl (C=O) groups is 1. The molecule has 128 valence electrons. The average Bonchev–Trinajstić information content (AvgIpc) is 3.12. The summed E-state index contributed by atoms with van der Waals surface area (Å²) < 4.78 is 4.94. The third-order valence-corrected chi connectivity index (χ3v) is 5.64. The molecule has 0 unspecified atom stereocenters. The van der Waals surface area contributed by atoms with Crippen LogP contribution >= 0.6 is 0 Å². The van der Waals surface area contributed by atoms with Gasteiger partial charge in [-0.3, -0.25) is 0 Å². The molecule has 0 radical (unpaired) electrons. The van der Waals surface area contributed by atoms with Crippen LogP contribution in [-0.2, 0) is 4.74 Å². The van der Waals surface area contributed by atoms with E-state index < -0.39 is 0 Å². The molecule has 0 spiro atoms. The zero-order valence-electron chi connectivity index (χ0n) is 14.9. The smallest absolute Gasteiger partial charge is 0.338 e. The molecule has 0 bridgehead atoms. The summed E-state index contributed by atoms with van der Waals surface area (Å²) in [5, 5.41) is 3.74. The van der Waals surface area contributed by atoms with Gasteiger partial charge in [-0.2, -0.15) is 0 Å². The number of benzene rings is 2. The van der Waals surface area contributed by atoms with Gasteiger partial charge in [0.2, 0.25) is 0 Å². The maximum Gasteiger partial charge on any atom is 0.338 e. The van der Waals surface area contributed by atoms with Crippen molar-refractivity contribution in [3.8, 4) is 0 Å². The second kappa shape index (κ2) is 6.07. The van der Waals surface area contributed by atoms with Crippen molar-refractivity contribution in [2.45, 2.75) is 32.2 Å². The van der Waals surface area contributed by atoms with E-state index in [4.69, 9.17) is 4.74 Å². The molecule has 0 aromatic heterocycles. The third kappa shape index (κ3) is 2.55. The van der Waals surface area contributed by atoms with Crippen LogP contribution in [0.4, 0.5) is 5.69 Å². The van der Waals surface area contributed by atoms with Crippen LogP contribution in [0.2, 0.25) is 0 Å². The number of carbonyl (C=O) groups excluding carboxylic acids is 1. The fourth-order valence-electron chi connectivity index (χ4n) is 4.25. The van der Waals surface area contributed by atoms with E-state index in [0.717, 1.165) is 17.7 Å². The Balaban J connectivity index is 1.81. The Labute approximate surface area is 148 Å². The minimum absolute atomic E-state index is 0.250. The number of esters is 1. The number of nitrogens with one attached hydrogen (secondary N) is 1. The summed E-state index contributed by atoms with van der Waals surface area (Å²) in [4.78, 5) is 12.1. The minimum Gasteiger partial charge on any atom is -0.465 e. The van der Waals surface area contributed by atoms with Gasteiger partial charge >= 0.3 is 5.97 Å². The summed E-state index contributed by atoms with van der Waals surface area (Å²) in [6.07, 6.45) is 5.69. The molecule has 0 fully saturated rings. The Morgan fingerprint density at radius 1 is 1.12 bits per heavy atom. The molecule has 0 amide bonds. The van der Waals surface area contributed by atoms with Gasteiger partial charge in [0.05, 0.1) is 18.7 Å². The third-order valence-electron chi connectivity index (χ3n) is 5.64. The lowest BCUT2D eigenvalue weighted by atomic mass is 9.76. The predicted molar refractivity (Wildman–Crippen MR) is 100 cm³/mol. The molecule has 1 heterocycles. The molecule has 3 nitrogen and oxygen atoms in total. The number of fused-ring (bicyclic) bond motifs is 3. The lowest BCUT2D eigenvalue weighted by molar-refractivity contribution is 0.0600. The number of aryl methyl sites for hydroxylation is 1. The van der Waals surface area contributed by atoms with E-state index in [9.17, 15) is 4.79 Å². The summed E-state index contributed by atoms with van der Waals surface area (Å²) in [6.45, 7) is 4.11. The van der Waals surface area contributed by atoms with Gasteiger partial charge in [0.15, 0.2) is 0 Å². The summed E-state index contributed by atoms with van der Waals surface area (Å²) in [6, 6.07) is 13.0. The molecule has 1 aliphatic carbocycles. The molecular weight excluding hydrogens is 310 g/mol. The number of allylic oxidation sites excluding steroid dienone is 2. The second-order valence-electron chi connectivity index (χ2n) is 7.08. The van der Waals surface area contributed by atoms with Gasteiger partial charge in [-0.25, -0.2) is 4.79 Å². The Bertz CT molecular complexity index is 851. The van der Waals surface area contributed by atoms with E-state index in [-0.39, 0.29) is 12.0 Å². The van der Waals surface area contributed by atoms with E-state index in [0.29, 0.717) is 17.4 Å². The molecular formula is C22H23NO2. The highest BCUT2D eigenvalue weighted by Gasteiger charge is 2.38. The summed E-state index contributed by atoms with van der Waals surface area (Å²) >= 11 is 0.